The number of benzene rings is 1. The molecular formula is C15H15ClN2. The van der Waals surface area contributed by atoms with Crippen molar-refractivity contribution in [1.29, 1.82) is 0 Å². The maximum atomic E-state index is 6.08. The third kappa shape index (κ3) is 2.14. The first-order chi connectivity index (χ1) is 8.74. The van der Waals surface area contributed by atoms with Crippen LogP contribution in [-0.2, 0) is 6.54 Å². The quantitative estimate of drug-likeness (QED) is 0.780. The highest BCUT2D eigenvalue weighted by Crippen LogP contribution is 2.33. The lowest BCUT2D eigenvalue weighted by Gasteiger charge is -2.32. The molecule has 0 spiro atoms. The highest BCUT2D eigenvalue weighted by Gasteiger charge is 2.25. The predicted octanol–water partition coefficient (Wildman–Crippen LogP) is 3.31. The van der Waals surface area contributed by atoms with Gasteiger partial charge >= 0.3 is 0 Å². The molecule has 1 aromatic heterocycles. The molecule has 18 heavy (non-hydrogen) atoms. The van der Waals surface area contributed by atoms with Crippen LogP contribution < -0.4 is 0 Å². The van der Waals surface area contributed by atoms with Gasteiger partial charge in [0, 0.05) is 35.9 Å². The van der Waals surface area contributed by atoms with Crippen LogP contribution in [0.2, 0.25) is 5.02 Å². The largest absolute Gasteiger partial charge is 0.301 e. The molecule has 0 N–H and O–H groups in total. The summed E-state index contributed by atoms with van der Waals surface area (Å²) in [6.45, 7) is 1.96. The second-order valence-corrected chi connectivity index (χ2v) is 5.28. The normalized spacial score (nSPS) is 19.6. The van der Waals surface area contributed by atoms with E-state index < -0.39 is 0 Å². The Kier molecular flexibility index (Phi) is 3.06. The average Bonchev–Trinajstić information content (AvgIpc) is 2.38. The van der Waals surface area contributed by atoms with Gasteiger partial charge in [0.2, 0.25) is 0 Å². The molecule has 1 atom stereocenters. The number of rotatable bonds is 1. The van der Waals surface area contributed by atoms with Crippen LogP contribution in [0.4, 0.5) is 0 Å². The zero-order chi connectivity index (χ0) is 12.5. The number of pyridine rings is 1. The molecule has 0 fully saturated rings. The van der Waals surface area contributed by atoms with Crippen LogP contribution in [0, 0.1) is 0 Å². The minimum atomic E-state index is 0.345. The zero-order valence-corrected chi connectivity index (χ0v) is 11.1. The van der Waals surface area contributed by atoms with Crippen LogP contribution in [0.3, 0.4) is 0 Å². The Labute approximate surface area is 112 Å². The Balaban J connectivity index is 2.08. The van der Waals surface area contributed by atoms with Gasteiger partial charge in [-0.25, -0.2) is 0 Å². The first kappa shape index (κ1) is 11.7. The van der Waals surface area contributed by atoms with E-state index in [9.17, 15) is 0 Å². The first-order valence-electron chi connectivity index (χ1n) is 6.12. The molecule has 3 rings (SSSR count). The lowest BCUT2D eigenvalue weighted by Crippen LogP contribution is -2.31. The molecular weight excluding hydrogens is 244 g/mol. The van der Waals surface area contributed by atoms with Crippen molar-refractivity contribution in [3.05, 3.63) is 64.4 Å². The van der Waals surface area contributed by atoms with E-state index >= 15 is 0 Å². The smallest absolute Gasteiger partial charge is 0.0491 e. The van der Waals surface area contributed by atoms with Crippen molar-refractivity contribution in [2.75, 3.05) is 13.6 Å². The molecule has 0 saturated carbocycles. The van der Waals surface area contributed by atoms with Gasteiger partial charge in [0.25, 0.3) is 0 Å². The molecule has 0 bridgehead atoms. The minimum absolute atomic E-state index is 0.345. The van der Waals surface area contributed by atoms with Gasteiger partial charge in [-0.15, -0.1) is 0 Å². The monoisotopic (exact) mass is 258 g/mol. The van der Waals surface area contributed by atoms with E-state index in [4.69, 9.17) is 11.6 Å². The Morgan fingerprint density at radius 1 is 1.28 bits per heavy atom. The van der Waals surface area contributed by atoms with Crippen LogP contribution in [0.15, 0.2) is 42.6 Å². The number of nitrogens with zero attached hydrogens (tertiary/aromatic N) is 2. The molecule has 92 valence electrons. The minimum Gasteiger partial charge on any atom is -0.301 e. The van der Waals surface area contributed by atoms with Gasteiger partial charge in [0.05, 0.1) is 0 Å². The van der Waals surface area contributed by atoms with Crippen LogP contribution in [0.1, 0.15) is 22.7 Å². The van der Waals surface area contributed by atoms with E-state index in [1.165, 1.54) is 11.1 Å². The molecule has 1 unspecified atom stereocenters. The van der Waals surface area contributed by atoms with Crippen molar-refractivity contribution in [2.45, 2.75) is 12.5 Å². The van der Waals surface area contributed by atoms with Crippen molar-refractivity contribution < 1.29 is 0 Å². The van der Waals surface area contributed by atoms with Gasteiger partial charge < -0.3 is 4.90 Å². The van der Waals surface area contributed by atoms with E-state index in [1.807, 2.05) is 24.4 Å². The first-order valence-corrected chi connectivity index (χ1v) is 6.49. The van der Waals surface area contributed by atoms with Gasteiger partial charge in [-0.1, -0.05) is 23.7 Å². The third-order valence-electron chi connectivity index (χ3n) is 3.46. The Morgan fingerprint density at radius 2 is 2.17 bits per heavy atom. The summed E-state index contributed by atoms with van der Waals surface area (Å²) in [5.74, 6) is 0.345. The molecule has 0 amide bonds. The van der Waals surface area contributed by atoms with Crippen molar-refractivity contribution in [1.82, 2.24) is 9.88 Å². The van der Waals surface area contributed by atoms with Gasteiger partial charge in [-0.3, -0.25) is 4.98 Å². The summed E-state index contributed by atoms with van der Waals surface area (Å²) in [5.41, 5.74) is 3.80. The third-order valence-corrected chi connectivity index (χ3v) is 3.69. The molecule has 0 saturated heterocycles. The highest BCUT2D eigenvalue weighted by atomic mass is 35.5. The van der Waals surface area contributed by atoms with Crippen molar-refractivity contribution in [3.8, 4) is 0 Å². The summed E-state index contributed by atoms with van der Waals surface area (Å²) < 4.78 is 0. The molecule has 2 nitrogen and oxygen atoms in total. The molecule has 2 heterocycles. The maximum absolute atomic E-state index is 6.08. The molecule has 1 aliphatic heterocycles. The SMILES string of the molecule is CN1Cc2cc(Cl)ccc2C(c2ccccn2)C1. The summed E-state index contributed by atoms with van der Waals surface area (Å²) >= 11 is 6.08. The van der Waals surface area contributed by atoms with Crippen LogP contribution in [0.5, 0.6) is 0 Å². The fourth-order valence-electron chi connectivity index (χ4n) is 2.65. The van der Waals surface area contributed by atoms with Crippen LogP contribution >= 0.6 is 11.6 Å². The lowest BCUT2D eigenvalue weighted by atomic mass is 9.87. The van der Waals surface area contributed by atoms with Crippen molar-refractivity contribution in [3.63, 3.8) is 0 Å². The van der Waals surface area contributed by atoms with Crippen molar-refractivity contribution in [2.24, 2.45) is 0 Å². The maximum Gasteiger partial charge on any atom is 0.0491 e. The molecule has 1 aromatic carbocycles. The highest BCUT2D eigenvalue weighted by molar-refractivity contribution is 6.30. The van der Waals surface area contributed by atoms with Gasteiger partial charge in [0.1, 0.15) is 0 Å². The van der Waals surface area contributed by atoms with Crippen molar-refractivity contribution >= 4 is 11.6 Å². The number of aromatic nitrogens is 1. The molecule has 0 aliphatic carbocycles. The Bertz CT molecular complexity index is 554. The second kappa shape index (κ2) is 4.71. The van der Waals surface area contributed by atoms with Gasteiger partial charge in [-0.05, 0) is 42.4 Å². The summed E-state index contributed by atoms with van der Waals surface area (Å²) in [6.07, 6.45) is 1.86. The summed E-state index contributed by atoms with van der Waals surface area (Å²) in [5, 5.41) is 0.809. The fraction of sp³-hybridized carbons (Fsp3) is 0.267. The zero-order valence-electron chi connectivity index (χ0n) is 10.3. The summed E-state index contributed by atoms with van der Waals surface area (Å²) in [7, 11) is 2.14. The summed E-state index contributed by atoms with van der Waals surface area (Å²) in [6, 6.07) is 12.3. The van der Waals surface area contributed by atoms with Gasteiger partial charge in [0.15, 0.2) is 0 Å². The Hall–Kier alpha value is -1.38. The van der Waals surface area contributed by atoms with E-state index in [0.29, 0.717) is 5.92 Å². The molecule has 3 heteroatoms. The van der Waals surface area contributed by atoms with E-state index in [-0.39, 0.29) is 0 Å². The topological polar surface area (TPSA) is 16.1 Å². The standard InChI is InChI=1S/C15H15ClN2/c1-18-9-11-8-12(16)5-6-13(11)14(10-18)15-4-2-3-7-17-15/h2-8,14H,9-10H2,1H3. The number of fused-ring (bicyclic) bond motifs is 1. The van der Waals surface area contributed by atoms with E-state index in [2.05, 4.69) is 35.1 Å². The summed E-state index contributed by atoms with van der Waals surface area (Å²) in [4.78, 5) is 6.82. The lowest BCUT2D eigenvalue weighted by molar-refractivity contribution is 0.293. The molecule has 2 aromatic rings. The number of likely N-dealkylation sites (N-methyl/N-ethyl adjacent to an activating group) is 1. The Morgan fingerprint density at radius 3 is 2.94 bits per heavy atom. The predicted molar refractivity (Wildman–Crippen MR) is 73.9 cm³/mol. The number of halogens is 1. The van der Waals surface area contributed by atoms with Crippen LogP contribution in [-0.4, -0.2) is 23.5 Å². The van der Waals surface area contributed by atoms with Crippen LogP contribution in [0.25, 0.3) is 0 Å². The molecule has 1 aliphatic rings. The number of hydrogen-bond donors (Lipinski definition) is 0. The van der Waals surface area contributed by atoms with E-state index in [1.54, 1.807) is 0 Å². The number of hydrogen-bond acceptors (Lipinski definition) is 2. The fourth-order valence-corrected chi connectivity index (χ4v) is 2.85. The van der Waals surface area contributed by atoms with Gasteiger partial charge in [-0.2, -0.15) is 0 Å². The average molecular weight is 259 g/mol. The van der Waals surface area contributed by atoms with E-state index in [0.717, 1.165) is 23.8 Å². The second-order valence-electron chi connectivity index (χ2n) is 4.85. The molecule has 0 radical (unpaired) electrons.